The fourth-order valence-electron chi connectivity index (χ4n) is 3.28. The van der Waals surface area contributed by atoms with Gasteiger partial charge in [-0.2, -0.15) is 0 Å². The predicted molar refractivity (Wildman–Crippen MR) is 101 cm³/mol. The molecule has 0 fully saturated rings. The summed E-state index contributed by atoms with van der Waals surface area (Å²) in [5.41, 5.74) is 6.25. The Morgan fingerprint density at radius 1 is 1.33 bits per heavy atom. The number of halogens is 1. The summed E-state index contributed by atoms with van der Waals surface area (Å²) < 4.78 is 0.900. The lowest BCUT2D eigenvalue weighted by Gasteiger charge is -2.26. The summed E-state index contributed by atoms with van der Waals surface area (Å²) in [4.78, 5) is 14.5. The van der Waals surface area contributed by atoms with E-state index in [1.165, 1.54) is 27.6 Å². The molecule has 0 radical (unpaired) electrons. The molecular formula is C19H19BrN4. The topological polar surface area (TPSA) is 44.8 Å². The van der Waals surface area contributed by atoms with Crippen LogP contribution in [-0.4, -0.2) is 32.9 Å². The Kier molecular flexibility index (Phi) is 4.21. The minimum absolute atomic E-state index is 0.900. The molecular weight excluding hydrogens is 364 g/mol. The van der Waals surface area contributed by atoms with E-state index in [9.17, 15) is 0 Å². The molecule has 0 spiro atoms. The van der Waals surface area contributed by atoms with E-state index < -0.39 is 0 Å². The number of rotatable bonds is 3. The van der Waals surface area contributed by atoms with Gasteiger partial charge in [0, 0.05) is 49.2 Å². The number of hydrogen-bond acceptors (Lipinski definition) is 3. The first kappa shape index (κ1) is 15.5. The quantitative estimate of drug-likeness (QED) is 0.686. The number of aromatic amines is 1. The van der Waals surface area contributed by atoms with E-state index in [0.29, 0.717) is 0 Å². The molecule has 0 amide bonds. The van der Waals surface area contributed by atoms with Gasteiger partial charge in [-0.15, -0.1) is 0 Å². The van der Waals surface area contributed by atoms with Gasteiger partial charge in [0.15, 0.2) is 0 Å². The number of nitrogens with one attached hydrogen (secondary N) is 1. The van der Waals surface area contributed by atoms with Crippen LogP contribution in [-0.2, 0) is 6.54 Å². The molecule has 4 nitrogen and oxygen atoms in total. The van der Waals surface area contributed by atoms with E-state index in [0.717, 1.165) is 36.3 Å². The SMILES string of the molecule is Cc1cc(Br)ncc1CN1CC=C(c2c[nH]c3ncccc23)CC1. The summed E-state index contributed by atoms with van der Waals surface area (Å²) in [5.74, 6) is 0. The van der Waals surface area contributed by atoms with E-state index >= 15 is 0 Å². The molecule has 5 heteroatoms. The zero-order valence-electron chi connectivity index (χ0n) is 13.6. The second-order valence-corrected chi connectivity index (χ2v) is 7.06. The Hall–Kier alpha value is -1.98. The summed E-state index contributed by atoms with van der Waals surface area (Å²) in [6.07, 6.45) is 9.30. The van der Waals surface area contributed by atoms with Crippen molar-refractivity contribution in [1.29, 1.82) is 0 Å². The van der Waals surface area contributed by atoms with Gasteiger partial charge >= 0.3 is 0 Å². The molecule has 0 unspecified atom stereocenters. The first-order chi connectivity index (χ1) is 11.7. The average molecular weight is 383 g/mol. The summed E-state index contributed by atoms with van der Waals surface area (Å²) >= 11 is 3.43. The highest BCUT2D eigenvalue weighted by Gasteiger charge is 2.16. The van der Waals surface area contributed by atoms with Crippen LogP contribution < -0.4 is 0 Å². The normalized spacial score (nSPS) is 15.7. The number of hydrogen-bond donors (Lipinski definition) is 1. The fourth-order valence-corrected chi connectivity index (χ4v) is 3.72. The summed E-state index contributed by atoms with van der Waals surface area (Å²) in [6.45, 7) is 5.13. The molecule has 0 saturated heterocycles. The minimum Gasteiger partial charge on any atom is -0.346 e. The smallest absolute Gasteiger partial charge is 0.137 e. The lowest BCUT2D eigenvalue weighted by atomic mass is 9.99. The number of aryl methyl sites for hydroxylation is 1. The van der Waals surface area contributed by atoms with Crippen LogP contribution in [0.4, 0.5) is 0 Å². The fraction of sp³-hybridized carbons (Fsp3) is 0.263. The van der Waals surface area contributed by atoms with Crippen LogP contribution in [0.25, 0.3) is 16.6 Å². The van der Waals surface area contributed by atoms with Gasteiger partial charge < -0.3 is 4.98 Å². The summed E-state index contributed by atoms with van der Waals surface area (Å²) in [6, 6.07) is 6.22. The Balaban J connectivity index is 1.51. The van der Waals surface area contributed by atoms with Crippen molar-refractivity contribution < 1.29 is 0 Å². The van der Waals surface area contributed by atoms with Gasteiger partial charge in [-0.3, -0.25) is 4.90 Å². The molecule has 122 valence electrons. The van der Waals surface area contributed by atoms with Crippen LogP contribution in [0, 0.1) is 6.92 Å². The Morgan fingerprint density at radius 2 is 2.25 bits per heavy atom. The first-order valence-electron chi connectivity index (χ1n) is 8.15. The monoisotopic (exact) mass is 382 g/mol. The van der Waals surface area contributed by atoms with Gasteiger partial charge in [0.2, 0.25) is 0 Å². The van der Waals surface area contributed by atoms with Gasteiger partial charge in [0.25, 0.3) is 0 Å². The maximum atomic E-state index is 4.38. The zero-order valence-corrected chi connectivity index (χ0v) is 15.2. The van der Waals surface area contributed by atoms with E-state index in [-0.39, 0.29) is 0 Å². The van der Waals surface area contributed by atoms with Crippen molar-refractivity contribution in [2.24, 2.45) is 0 Å². The number of nitrogens with zero attached hydrogens (tertiary/aromatic N) is 3. The van der Waals surface area contributed by atoms with Crippen molar-refractivity contribution in [1.82, 2.24) is 19.9 Å². The third-order valence-electron chi connectivity index (χ3n) is 4.67. The highest BCUT2D eigenvalue weighted by Crippen LogP contribution is 2.29. The average Bonchev–Trinajstić information content (AvgIpc) is 3.02. The van der Waals surface area contributed by atoms with Crippen LogP contribution in [0.3, 0.4) is 0 Å². The van der Waals surface area contributed by atoms with Crippen molar-refractivity contribution in [2.75, 3.05) is 13.1 Å². The van der Waals surface area contributed by atoms with Gasteiger partial charge in [0.05, 0.1) is 0 Å². The Labute approximate surface area is 149 Å². The largest absolute Gasteiger partial charge is 0.346 e. The number of fused-ring (bicyclic) bond motifs is 1. The van der Waals surface area contributed by atoms with Gasteiger partial charge in [-0.05, 0) is 64.2 Å². The molecule has 4 heterocycles. The molecule has 24 heavy (non-hydrogen) atoms. The minimum atomic E-state index is 0.900. The van der Waals surface area contributed by atoms with Crippen molar-refractivity contribution in [2.45, 2.75) is 19.9 Å². The lowest BCUT2D eigenvalue weighted by molar-refractivity contribution is 0.293. The van der Waals surface area contributed by atoms with Crippen molar-refractivity contribution in [3.05, 3.63) is 64.2 Å². The van der Waals surface area contributed by atoms with E-state index in [4.69, 9.17) is 0 Å². The highest BCUT2D eigenvalue weighted by molar-refractivity contribution is 9.10. The van der Waals surface area contributed by atoms with Crippen molar-refractivity contribution in [3.63, 3.8) is 0 Å². The van der Waals surface area contributed by atoms with Crippen molar-refractivity contribution in [3.8, 4) is 0 Å². The second-order valence-electron chi connectivity index (χ2n) is 6.25. The standard InChI is InChI=1S/C19H19BrN4/c1-13-9-18(20)22-10-15(13)12-24-7-4-14(5-8-24)17-11-23-19-16(17)3-2-6-21-19/h2-4,6,9-11H,5,7-8,12H2,1H3,(H,21,23). The van der Waals surface area contributed by atoms with E-state index in [1.54, 1.807) is 0 Å². The molecule has 1 aliphatic rings. The molecule has 1 N–H and O–H groups in total. The summed E-state index contributed by atoms with van der Waals surface area (Å²) in [7, 11) is 0. The zero-order chi connectivity index (χ0) is 16.5. The molecule has 0 saturated carbocycles. The van der Waals surface area contributed by atoms with Crippen LogP contribution in [0.1, 0.15) is 23.1 Å². The summed E-state index contributed by atoms with van der Waals surface area (Å²) in [5, 5.41) is 1.21. The van der Waals surface area contributed by atoms with Crippen LogP contribution in [0.2, 0.25) is 0 Å². The maximum absolute atomic E-state index is 4.38. The van der Waals surface area contributed by atoms with Crippen LogP contribution in [0.5, 0.6) is 0 Å². The van der Waals surface area contributed by atoms with E-state index in [2.05, 4.69) is 67.1 Å². The molecule has 4 rings (SSSR count). The molecule has 0 aromatic carbocycles. The third kappa shape index (κ3) is 3.01. The third-order valence-corrected chi connectivity index (χ3v) is 5.10. The van der Waals surface area contributed by atoms with Gasteiger partial charge in [-0.1, -0.05) is 6.08 Å². The highest BCUT2D eigenvalue weighted by atomic mass is 79.9. The van der Waals surface area contributed by atoms with Gasteiger partial charge in [0.1, 0.15) is 10.3 Å². The van der Waals surface area contributed by atoms with Gasteiger partial charge in [-0.25, -0.2) is 9.97 Å². The number of pyridine rings is 2. The Bertz CT molecular complexity index is 913. The first-order valence-corrected chi connectivity index (χ1v) is 8.95. The van der Waals surface area contributed by atoms with Crippen LogP contribution in [0.15, 0.2) is 47.5 Å². The lowest BCUT2D eigenvalue weighted by Crippen LogP contribution is -2.28. The Morgan fingerprint density at radius 3 is 3.04 bits per heavy atom. The molecule has 0 aliphatic carbocycles. The molecule has 3 aromatic rings. The predicted octanol–water partition coefficient (Wildman–Crippen LogP) is 4.32. The number of aromatic nitrogens is 3. The molecule has 3 aromatic heterocycles. The second kappa shape index (κ2) is 6.49. The molecule has 0 bridgehead atoms. The van der Waals surface area contributed by atoms with Crippen molar-refractivity contribution >= 4 is 32.5 Å². The van der Waals surface area contributed by atoms with Crippen LogP contribution >= 0.6 is 15.9 Å². The maximum Gasteiger partial charge on any atom is 0.137 e. The molecule has 1 aliphatic heterocycles. The van der Waals surface area contributed by atoms with E-state index in [1.807, 2.05) is 18.5 Å². The number of H-pyrrole nitrogens is 1. The molecule has 0 atom stereocenters.